The van der Waals surface area contributed by atoms with E-state index in [0.29, 0.717) is 0 Å². The number of hydrogen-bond acceptors (Lipinski definition) is 2. The van der Waals surface area contributed by atoms with Gasteiger partial charge in [-0.3, -0.25) is 0 Å². The van der Waals surface area contributed by atoms with E-state index in [9.17, 15) is 0 Å². The predicted octanol–water partition coefficient (Wildman–Crippen LogP) is 3.87. The molecule has 2 heterocycles. The van der Waals surface area contributed by atoms with Gasteiger partial charge in [0.1, 0.15) is 7.05 Å². The summed E-state index contributed by atoms with van der Waals surface area (Å²) in [5.41, 5.74) is 5.04. The molecule has 0 aliphatic carbocycles. The van der Waals surface area contributed by atoms with Gasteiger partial charge in [-0.15, -0.1) is 0 Å². The van der Waals surface area contributed by atoms with Crippen molar-refractivity contribution < 1.29 is 4.57 Å². The summed E-state index contributed by atoms with van der Waals surface area (Å²) in [6.45, 7) is 4.38. The molecule has 1 atom stereocenters. The molecule has 24 heavy (non-hydrogen) atoms. The smallest absolute Gasteiger partial charge is 0.213 e. The molecule has 2 aromatic carbocycles. The van der Waals surface area contributed by atoms with Crippen molar-refractivity contribution in [3.8, 4) is 11.3 Å². The van der Waals surface area contributed by atoms with Crippen LogP contribution in [0.3, 0.4) is 0 Å². The minimum absolute atomic E-state index is 0.282. The second kappa shape index (κ2) is 5.68. The van der Waals surface area contributed by atoms with E-state index in [1.807, 2.05) is 6.20 Å². The van der Waals surface area contributed by atoms with Crippen LogP contribution in [0.2, 0.25) is 0 Å². The Balaban J connectivity index is 1.88. The zero-order valence-corrected chi connectivity index (χ0v) is 14.3. The van der Waals surface area contributed by atoms with Crippen LogP contribution in [0.4, 0.5) is 5.69 Å². The van der Waals surface area contributed by atoms with Crippen molar-refractivity contribution in [1.29, 1.82) is 0 Å². The highest BCUT2D eigenvalue weighted by Gasteiger charge is 2.21. The fourth-order valence-electron chi connectivity index (χ4n) is 3.50. The van der Waals surface area contributed by atoms with E-state index < -0.39 is 0 Å². The van der Waals surface area contributed by atoms with Gasteiger partial charge < -0.3 is 10.2 Å². The molecule has 0 radical (unpaired) electrons. The molecule has 4 rings (SSSR count). The lowest BCUT2D eigenvalue weighted by molar-refractivity contribution is -0.659. The van der Waals surface area contributed by atoms with Crippen LogP contribution in [-0.4, -0.2) is 6.17 Å². The zero-order valence-electron chi connectivity index (χ0n) is 14.3. The molecule has 3 heteroatoms. The van der Waals surface area contributed by atoms with Gasteiger partial charge in [-0.2, -0.15) is 0 Å². The first-order valence-corrected chi connectivity index (χ1v) is 8.34. The van der Waals surface area contributed by atoms with Crippen molar-refractivity contribution in [3.05, 3.63) is 72.7 Å². The molecule has 1 aliphatic rings. The first kappa shape index (κ1) is 14.8. The SMILES string of the molecule is Cc1c(-c2cc3ccccc3c[n+]2C)cccc1N1C=CN[C@H]1C. The molecule has 1 aromatic heterocycles. The minimum Gasteiger partial charge on any atom is -0.370 e. The average molecular weight is 316 g/mol. The van der Waals surface area contributed by atoms with E-state index in [2.05, 4.69) is 96.6 Å². The average Bonchev–Trinajstić information content (AvgIpc) is 3.00. The fourth-order valence-corrected chi connectivity index (χ4v) is 3.50. The van der Waals surface area contributed by atoms with Gasteiger partial charge in [-0.1, -0.05) is 24.3 Å². The number of anilines is 1. The number of pyridine rings is 1. The van der Waals surface area contributed by atoms with Crippen LogP contribution in [0.25, 0.3) is 22.0 Å². The molecule has 3 nitrogen and oxygen atoms in total. The topological polar surface area (TPSA) is 19.1 Å². The van der Waals surface area contributed by atoms with Gasteiger partial charge >= 0.3 is 0 Å². The van der Waals surface area contributed by atoms with Gasteiger partial charge in [-0.25, -0.2) is 4.57 Å². The number of nitrogens with zero attached hydrogens (tertiary/aromatic N) is 2. The normalized spacial score (nSPS) is 16.6. The van der Waals surface area contributed by atoms with Crippen molar-refractivity contribution >= 4 is 16.5 Å². The summed E-state index contributed by atoms with van der Waals surface area (Å²) < 4.78 is 2.22. The lowest BCUT2D eigenvalue weighted by Crippen LogP contribution is -2.33. The van der Waals surface area contributed by atoms with Gasteiger partial charge in [0.15, 0.2) is 6.20 Å². The third-order valence-electron chi connectivity index (χ3n) is 4.85. The lowest BCUT2D eigenvalue weighted by Gasteiger charge is -2.24. The van der Waals surface area contributed by atoms with Gasteiger partial charge in [-0.05, 0) is 43.0 Å². The largest absolute Gasteiger partial charge is 0.370 e. The number of aromatic nitrogens is 1. The van der Waals surface area contributed by atoms with Crippen molar-refractivity contribution in [2.45, 2.75) is 20.0 Å². The van der Waals surface area contributed by atoms with E-state index >= 15 is 0 Å². The minimum atomic E-state index is 0.282. The number of fused-ring (bicyclic) bond motifs is 1. The van der Waals surface area contributed by atoms with Crippen LogP contribution in [0, 0.1) is 6.92 Å². The fraction of sp³-hybridized carbons (Fsp3) is 0.190. The maximum Gasteiger partial charge on any atom is 0.213 e. The Hall–Kier alpha value is -2.81. The van der Waals surface area contributed by atoms with Gasteiger partial charge in [0.2, 0.25) is 5.69 Å². The maximum absolute atomic E-state index is 3.33. The number of rotatable bonds is 2. The Kier molecular flexibility index (Phi) is 3.49. The third kappa shape index (κ3) is 2.33. The summed E-state index contributed by atoms with van der Waals surface area (Å²) in [6, 6.07) is 17.3. The number of nitrogens with one attached hydrogen (secondary N) is 1. The summed E-state index contributed by atoms with van der Waals surface area (Å²) in [5.74, 6) is 0. The highest BCUT2D eigenvalue weighted by molar-refractivity contribution is 5.84. The molecule has 1 aliphatic heterocycles. The Morgan fingerprint density at radius 1 is 1.04 bits per heavy atom. The van der Waals surface area contributed by atoms with E-state index in [-0.39, 0.29) is 6.17 Å². The maximum atomic E-state index is 3.33. The molecular weight excluding hydrogens is 294 g/mol. The molecule has 0 spiro atoms. The van der Waals surface area contributed by atoms with Crippen LogP contribution in [-0.2, 0) is 7.05 Å². The number of hydrogen-bond donors (Lipinski definition) is 1. The highest BCUT2D eigenvalue weighted by Crippen LogP contribution is 2.32. The van der Waals surface area contributed by atoms with Crippen LogP contribution in [0.5, 0.6) is 0 Å². The van der Waals surface area contributed by atoms with Crippen LogP contribution in [0.1, 0.15) is 12.5 Å². The monoisotopic (exact) mass is 316 g/mol. The molecule has 120 valence electrons. The van der Waals surface area contributed by atoms with Crippen LogP contribution >= 0.6 is 0 Å². The number of aryl methyl sites for hydroxylation is 1. The second-order valence-electron chi connectivity index (χ2n) is 6.41. The van der Waals surface area contributed by atoms with E-state index in [1.54, 1.807) is 0 Å². The van der Waals surface area contributed by atoms with Crippen molar-refractivity contribution in [2.24, 2.45) is 7.05 Å². The summed E-state index contributed by atoms with van der Waals surface area (Å²) >= 11 is 0. The summed E-state index contributed by atoms with van der Waals surface area (Å²) in [6.07, 6.45) is 6.60. The molecular formula is C21H22N3+. The van der Waals surface area contributed by atoms with Crippen molar-refractivity contribution in [2.75, 3.05) is 4.90 Å². The van der Waals surface area contributed by atoms with E-state index in [0.717, 1.165) is 0 Å². The molecule has 0 saturated carbocycles. The Morgan fingerprint density at radius 3 is 2.58 bits per heavy atom. The third-order valence-corrected chi connectivity index (χ3v) is 4.85. The molecule has 0 bridgehead atoms. The predicted molar refractivity (Wildman–Crippen MR) is 99.5 cm³/mol. The molecule has 0 amide bonds. The van der Waals surface area contributed by atoms with Crippen molar-refractivity contribution in [3.63, 3.8) is 0 Å². The van der Waals surface area contributed by atoms with Gasteiger partial charge in [0.25, 0.3) is 0 Å². The first-order valence-electron chi connectivity index (χ1n) is 8.34. The lowest BCUT2D eigenvalue weighted by atomic mass is 10.0. The molecule has 0 unspecified atom stereocenters. The van der Waals surface area contributed by atoms with Gasteiger partial charge in [0.05, 0.1) is 11.7 Å². The van der Waals surface area contributed by atoms with Crippen LogP contribution in [0.15, 0.2) is 67.1 Å². The Bertz CT molecular complexity index is 943. The van der Waals surface area contributed by atoms with Crippen LogP contribution < -0.4 is 14.8 Å². The zero-order chi connectivity index (χ0) is 16.7. The Labute approximate surface area is 142 Å². The van der Waals surface area contributed by atoms with Gasteiger partial charge in [0, 0.05) is 29.5 Å². The first-order chi connectivity index (χ1) is 11.6. The molecule has 0 fully saturated rings. The molecule has 0 saturated heterocycles. The van der Waals surface area contributed by atoms with Crippen molar-refractivity contribution in [1.82, 2.24) is 5.32 Å². The van der Waals surface area contributed by atoms with E-state index in [4.69, 9.17) is 0 Å². The molecule has 1 N–H and O–H groups in total. The standard InChI is InChI=1S/C21H22N3/c1-15-19(9-6-10-20(15)24-12-11-22-16(24)2)21-13-17-7-4-5-8-18(17)14-23(21)3/h4-14,16,22H,1-3H3/q+1/t16-/m1/s1. The second-order valence-corrected chi connectivity index (χ2v) is 6.41. The Morgan fingerprint density at radius 2 is 1.83 bits per heavy atom. The summed E-state index contributed by atoms with van der Waals surface area (Å²) in [5, 5.41) is 5.86. The number of benzene rings is 2. The highest BCUT2D eigenvalue weighted by atomic mass is 15.3. The quantitative estimate of drug-likeness (QED) is 0.724. The van der Waals surface area contributed by atoms with E-state index in [1.165, 1.54) is 33.3 Å². The molecule has 3 aromatic rings. The summed E-state index contributed by atoms with van der Waals surface area (Å²) in [4.78, 5) is 2.28. The summed E-state index contributed by atoms with van der Waals surface area (Å²) in [7, 11) is 2.12.